The molecule has 0 spiro atoms. The van der Waals surface area contributed by atoms with E-state index in [-0.39, 0.29) is 17.4 Å². The van der Waals surface area contributed by atoms with Gasteiger partial charge in [0, 0.05) is 19.2 Å². The van der Waals surface area contributed by atoms with Gasteiger partial charge in [0.05, 0.1) is 17.1 Å². The lowest BCUT2D eigenvalue weighted by atomic mass is 10.1. The Kier molecular flexibility index (Phi) is 4.39. The van der Waals surface area contributed by atoms with Gasteiger partial charge in [0.15, 0.2) is 0 Å². The molecule has 0 unspecified atom stereocenters. The van der Waals surface area contributed by atoms with Gasteiger partial charge >= 0.3 is 0 Å². The number of ether oxygens (including phenoxy) is 1. The topological polar surface area (TPSA) is 112 Å². The van der Waals surface area contributed by atoms with Crippen LogP contribution in [0.1, 0.15) is 22.0 Å². The molecule has 2 aromatic rings. The van der Waals surface area contributed by atoms with Crippen LogP contribution in [0.5, 0.6) is 0 Å². The zero-order valence-corrected chi connectivity index (χ0v) is 12.8. The van der Waals surface area contributed by atoms with E-state index in [0.29, 0.717) is 25.5 Å². The SMILES string of the molecule is NC(=O)c1cc([N+](=O)[O-])cnc1N1CCO[C@H](c2ccccc2)C1. The first kappa shape index (κ1) is 15.9. The quantitative estimate of drug-likeness (QED) is 0.675. The number of morpholine rings is 1. The number of anilines is 1. The van der Waals surface area contributed by atoms with Gasteiger partial charge in [-0.1, -0.05) is 30.3 Å². The third kappa shape index (κ3) is 3.18. The van der Waals surface area contributed by atoms with Crippen LogP contribution >= 0.6 is 0 Å². The highest BCUT2D eigenvalue weighted by molar-refractivity contribution is 5.98. The Labute approximate surface area is 138 Å². The summed E-state index contributed by atoms with van der Waals surface area (Å²) in [4.78, 5) is 27.9. The molecule has 8 nitrogen and oxygen atoms in total. The molecule has 2 heterocycles. The Morgan fingerprint density at radius 3 is 2.79 bits per heavy atom. The van der Waals surface area contributed by atoms with Gasteiger partial charge in [0.2, 0.25) is 0 Å². The zero-order valence-electron chi connectivity index (χ0n) is 12.8. The van der Waals surface area contributed by atoms with Crippen molar-refractivity contribution < 1.29 is 14.5 Å². The first-order valence-corrected chi connectivity index (χ1v) is 7.42. The van der Waals surface area contributed by atoms with Gasteiger partial charge in [0.25, 0.3) is 11.6 Å². The second kappa shape index (κ2) is 6.63. The van der Waals surface area contributed by atoms with Crippen LogP contribution in [-0.4, -0.2) is 35.5 Å². The standard InChI is InChI=1S/C16H16N4O4/c17-15(21)13-8-12(20(22)23)9-18-16(13)19-6-7-24-14(10-19)11-4-2-1-3-5-11/h1-5,8-9,14H,6-7,10H2,(H2,17,21)/t14-/m0/s1. The summed E-state index contributed by atoms with van der Waals surface area (Å²) in [5.74, 6) is -0.402. The van der Waals surface area contributed by atoms with Gasteiger partial charge in [-0.05, 0) is 5.56 Å². The fraction of sp³-hybridized carbons (Fsp3) is 0.250. The molecule has 0 bridgehead atoms. The van der Waals surface area contributed by atoms with Gasteiger partial charge in [0.1, 0.15) is 18.1 Å². The minimum absolute atomic E-state index is 0.0397. The highest BCUT2D eigenvalue weighted by Crippen LogP contribution is 2.28. The van der Waals surface area contributed by atoms with Crippen LogP contribution in [0.2, 0.25) is 0 Å². The number of pyridine rings is 1. The van der Waals surface area contributed by atoms with Gasteiger partial charge in [-0.25, -0.2) is 4.98 Å². The van der Waals surface area contributed by atoms with E-state index in [4.69, 9.17) is 10.5 Å². The molecule has 2 N–H and O–H groups in total. The molecule has 1 aliphatic rings. The second-order valence-electron chi connectivity index (χ2n) is 5.40. The smallest absolute Gasteiger partial charge is 0.288 e. The summed E-state index contributed by atoms with van der Waals surface area (Å²) in [6, 6.07) is 10.9. The lowest BCUT2D eigenvalue weighted by molar-refractivity contribution is -0.385. The van der Waals surface area contributed by atoms with Crippen molar-refractivity contribution in [3.63, 3.8) is 0 Å². The number of aromatic nitrogens is 1. The molecule has 0 aliphatic carbocycles. The Hall–Kier alpha value is -3.00. The first-order chi connectivity index (χ1) is 11.6. The molecule has 24 heavy (non-hydrogen) atoms. The minimum atomic E-state index is -0.746. The molecule has 124 valence electrons. The molecule has 1 aromatic heterocycles. The number of hydrogen-bond acceptors (Lipinski definition) is 6. The van der Waals surface area contributed by atoms with Gasteiger partial charge < -0.3 is 15.4 Å². The molecule has 3 rings (SSSR count). The molecule has 0 saturated carbocycles. The molecule has 0 radical (unpaired) electrons. The predicted octanol–water partition coefficient (Wildman–Crippen LogP) is 1.67. The monoisotopic (exact) mass is 328 g/mol. The van der Waals surface area contributed by atoms with Crippen LogP contribution in [0.25, 0.3) is 0 Å². The van der Waals surface area contributed by atoms with E-state index in [9.17, 15) is 14.9 Å². The summed E-state index contributed by atoms with van der Waals surface area (Å²) < 4.78 is 5.78. The average molecular weight is 328 g/mol. The van der Waals surface area contributed by atoms with E-state index in [0.717, 1.165) is 17.8 Å². The van der Waals surface area contributed by atoms with Crippen molar-refractivity contribution in [3.05, 3.63) is 63.8 Å². The number of carbonyl (C=O) groups is 1. The highest BCUT2D eigenvalue weighted by Gasteiger charge is 2.27. The van der Waals surface area contributed by atoms with Crippen molar-refractivity contribution >= 4 is 17.4 Å². The van der Waals surface area contributed by atoms with Crippen molar-refractivity contribution in [2.75, 3.05) is 24.6 Å². The summed E-state index contributed by atoms with van der Waals surface area (Å²) in [7, 11) is 0. The van der Waals surface area contributed by atoms with Crippen LogP contribution in [0, 0.1) is 10.1 Å². The lowest BCUT2D eigenvalue weighted by Crippen LogP contribution is -2.40. The van der Waals surface area contributed by atoms with Crippen LogP contribution in [-0.2, 0) is 4.74 Å². The number of carbonyl (C=O) groups excluding carboxylic acids is 1. The van der Waals surface area contributed by atoms with E-state index in [1.807, 2.05) is 35.2 Å². The Morgan fingerprint density at radius 1 is 1.38 bits per heavy atom. The third-order valence-electron chi connectivity index (χ3n) is 3.87. The van der Waals surface area contributed by atoms with Crippen LogP contribution in [0.3, 0.4) is 0 Å². The van der Waals surface area contributed by atoms with Crippen molar-refractivity contribution in [1.29, 1.82) is 0 Å². The fourth-order valence-electron chi connectivity index (χ4n) is 2.69. The number of rotatable bonds is 4. The lowest BCUT2D eigenvalue weighted by Gasteiger charge is -2.34. The minimum Gasteiger partial charge on any atom is -0.370 e. The van der Waals surface area contributed by atoms with E-state index < -0.39 is 10.8 Å². The number of primary amides is 1. The second-order valence-corrected chi connectivity index (χ2v) is 5.40. The molecule has 1 amide bonds. The number of amides is 1. The van der Waals surface area contributed by atoms with Crippen molar-refractivity contribution in [3.8, 4) is 0 Å². The predicted molar refractivity (Wildman–Crippen MR) is 86.8 cm³/mol. The van der Waals surface area contributed by atoms with E-state index in [1.165, 1.54) is 0 Å². The van der Waals surface area contributed by atoms with E-state index in [2.05, 4.69) is 4.98 Å². The number of nitrogens with two attached hydrogens (primary N) is 1. The largest absolute Gasteiger partial charge is 0.370 e. The maximum absolute atomic E-state index is 11.7. The molecule has 1 aliphatic heterocycles. The maximum atomic E-state index is 11.7. The van der Waals surface area contributed by atoms with Crippen LogP contribution in [0.4, 0.5) is 11.5 Å². The number of benzene rings is 1. The molecule has 1 saturated heterocycles. The number of nitro groups is 1. The highest BCUT2D eigenvalue weighted by atomic mass is 16.6. The summed E-state index contributed by atoms with van der Waals surface area (Å²) >= 11 is 0. The Bertz CT molecular complexity index is 766. The summed E-state index contributed by atoms with van der Waals surface area (Å²) in [6.45, 7) is 1.46. The summed E-state index contributed by atoms with van der Waals surface area (Å²) in [5, 5.41) is 10.9. The maximum Gasteiger partial charge on any atom is 0.288 e. The van der Waals surface area contributed by atoms with Crippen LogP contribution in [0.15, 0.2) is 42.6 Å². The summed E-state index contributed by atoms with van der Waals surface area (Å²) in [5.41, 5.74) is 6.17. The van der Waals surface area contributed by atoms with Crippen LogP contribution < -0.4 is 10.6 Å². The number of hydrogen-bond donors (Lipinski definition) is 1. The molecule has 8 heteroatoms. The van der Waals surface area contributed by atoms with Gasteiger partial charge in [-0.2, -0.15) is 0 Å². The van der Waals surface area contributed by atoms with Crippen molar-refractivity contribution in [2.45, 2.75) is 6.10 Å². The molecule has 1 fully saturated rings. The Balaban J connectivity index is 1.90. The molecule has 1 atom stereocenters. The molecule has 1 aromatic carbocycles. The fourth-order valence-corrected chi connectivity index (χ4v) is 2.69. The van der Waals surface area contributed by atoms with Gasteiger partial charge in [-0.15, -0.1) is 0 Å². The van der Waals surface area contributed by atoms with Gasteiger partial charge in [-0.3, -0.25) is 14.9 Å². The van der Waals surface area contributed by atoms with Crippen molar-refractivity contribution in [1.82, 2.24) is 4.98 Å². The van der Waals surface area contributed by atoms with E-state index in [1.54, 1.807) is 0 Å². The van der Waals surface area contributed by atoms with E-state index >= 15 is 0 Å². The third-order valence-corrected chi connectivity index (χ3v) is 3.87. The normalized spacial score (nSPS) is 17.5. The Morgan fingerprint density at radius 2 is 2.12 bits per heavy atom. The first-order valence-electron chi connectivity index (χ1n) is 7.42. The molecular weight excluding hydrogens is 312 g/mol. The summed E-state index contributed by atoms with van der Waals surface area (Å²) in [6.07, 6.45) is 0.965. The zero-order chi connectivity index (χ0) is 17.1. The molecular formula is C16H16N4O4. The van der Waals surface area contributed by atoms with Crippen molar-refractivity contribution in [2.24, 2.45) is 5.73 Å². The average Bonchev–Trinajstić information content (AvgIpc) is 2.62. The number of nitrogens with zero attached hydrogens (tertiary/aromatic N) is 3.